The molecule has 3 unspecified atom stereocenters. The van der Waals surface area contributed by atoms with E-state index in [1.165, 1.54) is 7.11 Å². The molecule has 3 atom stereocenters. The monoisotopic (exact) mass is 164 g/mol. The van der Waals surface area contributed by atoms with E-state index in [0.29, 0.717) is 6.61 Å². The van der Waals surface area contributed by atoms with Gasteiger partial charge in [0.25, 0.3) is 0 Å². The molecule has 1 saturated heterocycles. The maximum Gasteiger partial charge on any atom is 0.110 e. The van der Waals surface area contributed by atoms with Crippen LogP contribution in [0.1, 0.15) is 7.43 Å². The second-order valence-electron chi connectivity index (χ2n) is 2.39. The van der Waals surface area contributed by atoms with E-state index in [9.17, 15) is 0 Å². The van der Waals surface area contributed by atoms with E-state index < -0.39 is 12.2 Å². The molecule has 2 N–H and O–H groups in total. The summed E-state index contributed by atoms with van der Waals surface area (Å²) < 4.78 is 9.74. The summed E-state index contributed by atoms with van der Waals surface area (Å²) in [6.07, 6.45) is -1.90. The van der Waals surface area contributed by atoms with Gasteiger partial charge in [0.2, 0.25) is 0 Å². The van der Waals surface area contributed by atoms with Crippen LogP contribution < -0.4 is 0 Å². The predicted octanol–water partition coefficient (Wildman–Crippen LogP) is -0.611. The number of aliphatic hydroxyl groups is 2. The Morgan fingerprint density at radius 2 is 2.18 bits per heavy atom. The molecular weight excluding hydrogens is 148 g/mol. The Labute approximate surface area is 66.7 Å². The van der Waals surface area contributed by atoms with Crippen LogP contribution >= 0.6 is 0 Å². The summed E-state index contributed by atoms with van der Waals surface area (Å²) in [7, 11) is 1.53. The number of hydrogen-bond acceptors (Lipinski definition) is 4. The second-order valence-corrected chi connectivity index (χ2v) is 2.39. The van der Waals surface area contributed by atoms with Crippen LogP contribution in [0.5, 0.6) is 0 Å². The van der Waals surface area contributed by atoms with Crippen LogP contribution in [0, 0.1) is 0 Å². The lowest BCUT2D eigenvalue weighted by atomic mass is 10.2. The molecule has 0 bridgehead atoms. The third kappa shape index (κ3) is 2.41. The van der Waals surface area contributed by atoms with Gasteiger partial charge in [-0.15, -0.1) is 0 Å². The third-order valence-corrected chi connectivity index (χ3v) is 1.59. The normalized spacial score (nSPS) is 36.8. The summed E-state index contributed by atoms with van der Waals surface area (Å²) in [5.41, 5.74) is 0. The van der Waals surface area contributed by atoms with Crippen LogP contribution in [-0.2, 0) is 9.47 Å². The summed E-state index contributed by atoms with van der Waals surface area (Å²) in [5, 5.41) is 18.1. The van der Waals surface area contributed by atoms with Gasteiger partial charge in [-0.25, -0.2) is 0 Å². The zero-order valence-corrected chi connectivity index (χ0v) is 5.86. The summed E-state index contributed by atoms with van der Waals surface area (Å²) >= 11 is 0. The molecule has 1 aliphatic heterocycles. The van der Waals surface area contributed by atoms with Crippen molar-refractivity contribution in [1.29, 1.82) is 0 Å². The van der Waals surface area contributed by atoms with E-state index in [4.69, 9.17) is 19.7 Å². The first-order chi connectivity index (χ1) is 4.75. The van der Waals surface area contributed by atoms with Gasteiger partial charge in [0.1, 0.15) is 18.3 Å². The molecule has 0 saturated carbocycles. The molecule has 0 aliphatic carbocycles. The Balaban J connectivity index is 0.000001000. The van der Waals surface area contributed by atoms with Crippen LogP contribution in [0.2, 0.25) is 0 Å². The minimum absolute atomic E-state index is 0. The Kier molecular flexibility index (Phi) is 4.60. The van der Waals surface area contributed by atoms with Gasteiger partial charge in [-0.1, -0.05) is 7.43 Å². The SMILES string of the molecule is C.COCC1OCC(O)C1O. The van der Waals surface area contributed by atoms with Crippen molar-refractivity contribution in [2.75, 3.05) is 20.3 Å². The average Bonchev–Trinajstić information content (AvgIpc) is 2.20. The third-order valence-electron chi connectivity index (χ3n) is 1.59. The van der Waals surface area contributed by atoms with Crippen molar-refractivity contribution < 1.29 is 19.7 Å². The Hall–Kier alpha value is -0.160. The van der Waals surface area contributed by atoms with Crippen molar-refractivity contribution in [3.63, 3.8) is 0 Å². The summed E-state index contributed by atoms with van der Waals surface area (Å²) in [6.45, 7) is 0.535. The molecule has 1 aliphatic rings. The van der Waals surface area contributed by atoms with Crippen LogP contribution in [0.3, 0.4) is 0 Å². The molecule has 0 amide bonds. The first-order valence-electron chi connectivity index (χ1n) is 3.22. The first kappa shape index (κ1) is 10.8. The smallest absolute Gasteiger partial charge is 0.110 e. The van der Waals surface area contributed by atoms with Gasteiger partial charge >= 0.3 is 0 Å². The fraction of sp³-hybridized carbons (Fsp3) is 1.00. The number of aliphatic hydroxyl groups excluding tert-OH is 2. The fourth-order valence-electron chi connectivity index (χ4n) is 0.978. The average molecular weight is 164 g/mol. The van der Waals surface area contributed by atoms with Crippen molar-refractivity contribution in [2.45, 2.75) is 25.7 Å². The first-order valence-corrected chi connectivity index (χ1v) is 3.22. The Bertz CT molecular complexity index is 105. The molecule has 1 heterocycles. The minimum Gasteiger partial charge on any atom is -0.388 e. The molecule has 4 nitrogen and oxygen atoms in total. The molecule has 68 valence electrons. The van der Waals surface area contributed by atoms with Crippen molar-refractivity contribution in [1.82, 2.24) is 0 Å². The quantitative estimate of drug-likeness (QED) is 0.571. The molecule has 0 aromatic heterocycles. The van der Waals surface area contributed by atoms with Crippen LogP contribution in [0.15, 0.2) is 0 Å². The molecule has 1 fully saturated rings. The molecule has 0 spiro atoms. The summed E-state index contributed by atoms with van der Waals surface area (Å²) in [4.78, 5) is 0. The zero-order chi connectivity index (χ0) is 7.56. The van der Waals surface area contributed by atoms with Crippen LogP contribution in [0.4, 0.5) is 0 Å². The number of rotatable bonds is 2. The Morgan fingerprint density at radius 3 is 2.55 bits per heavy atom. The topological polar surface area (TPSA) is 58.9 Å². The fourth-order valence-corrected chi connectivity index (χ4v) is 0.978. The molecule has 1 rings (SSSR count). The maximum atomic E-state index is 9.13. The molecule has 0 aromatic carbocycles. The van der Waals surface area contributed by atoms with Gasteiger partial charge < -0.3 is 19.7 Å². The molecule has 4 heteroatoms. The number of ether oxygens (including phenoxy) is 2. The molecule has 0 aromatic rings. The lowest BCUT2D eigenvalue weighted by Gasteiger charge is -2.12. The van der Waals surface area contributed by atoms with Gasteiger partial charge in [-0.3, -0.25) is 0 Å². The highest BCUT2D eigenvalue weighted by molar-refractivity contribution is 4.82. The van der Waals surface area contributed by atoms with Crippen molar-refractivity contribution >= 4 is 0 Å². The molecule has 11 heavy (non-hydrogen) atoms. The van der Waals surface area contributed by atoms with Gasteiger partial charge in [0.15, 0.2) is 0 Å². The highest BCUT2D eigenvalue weighted by Crippen LogP contribution is 2.13. The largest absolute Gasteiger partial charge is 0.388 e. The van der Waals surface area contributed by atoms with Crippen LogP contribution in [0.25, 0.3) is 0 Å². The number of methoxy groups -OCH3 is 1. The van der Waals surface area contributed by atoms with E-state index in [1.807, 2.05) is 0 Å². The molecular formula is C7H16O4. The van der Waals surface area contributed by atoms with E-state index in [0.717, 1.165) is 0 Å². The second kappa shape index (κ2) is 4.66. The van der Waals surface area contributed by atoms with Crippen molar-refractivity contribution in [3.05, 3.63) is 0 Å². The van der Waals surface area contributed by atoms with Crippen molar-refractivity contribution in [3.8, 4) is 0 Å². The van der Waals surface area contributed by atoms with Gasteiger partial charge in [0.05, 0.1) is 13.2 Å². The number of hydrogen-bond donors (Lipinski definition) is 2. The minimum atomic E-state index is -0.792. The Morgan fingerprint density at radius 1 is 1.55 bits per heavy atom. The summed E-state index contributed by atoms with van der Waals surface area (Å²) in [5.74, 6) is 0. The lowest BCUT2D eigenvalue weighted by molar-refractivity contribution is -0.0178. The van der Waals surface area contributed by atoms with Crippen LogP contribution in [-0.4, -0.2) is 48.8 Å². The standard InChI is InChI=1S/C6H12O4.CH4/c1-9-3-5-6(8)4(7)2-10-5;/h4-8H,2-3H2,1H3;1H4. The van der Waals surface area contributed by atoms with E-state index in [-0.39, 0.29) is 20.1 Å². The maximum absolute atomic E-state index is 9.13. The predicted molar refractivity (Wildman–Crippen MR) is 40.4 cm³/mol. The van der Waals surface area contributed by atoms with E-state index in [1.54, 1.807) is 0 Å². The van der Waals surface area contributed by atoms with Gasteiger partial charge in [-0.05, 0) is 0 Å². The molecule has 0 radical (unpaired) electrons. The van der Waals surface area contributed by atoms with Gasteiger partial charge in [0, 0.05) is 7.11 Å². The highest BCUT2D eigenvalue weighted by atomic mass is 16.6. The lowest BCUT2D eigenvalue weighted by Crippen LogP contribution is -2.32. The van der Waals surface area contributed by atoms with E-state index in [2.05, 4.69) is 0 Å². The highest BCUT2D eigenvalue weighted by Gasteiger charge is 2.34. The summed E-state index contributed by atoms with van der Waals surface area (Å²) in [6, 6.07) is 0. The van der Waals surface area contributed by atoms with Gasteiger partial charge in [-0.2, -0.15) is 0 Å². The van der Waals surface area contributed by atoms with E-state index >= 15 is 0 Å². The van der Waals surface area contributed by atoms with Crippen molar-refractivity contribution in [2.24, 2.45) is 0 Å². The zero-order valence-electron chi connectivity index (χ0n) is 5.86.